The predicted molar refractivity (Wildman–Crippen MR) is 174 cm³/mol. The van der Waals surface area contributed by atoms with E-state index in [4.69, 9.17) is 18.9 Å². The molecule has 0 bridgehead atoms. The fraction of sp³-hybridized carbons (Fsp3) is 0.486. The van der Waals surface area contributed by atoms with Crippen LogP contribution in [-0.4, -0.2) is 83.0 Å². The van der Waals surface area contributed by atoms with Crippen LogP contribution in [0.4, 0.5) is 5.69 Å². The van der Waals surface area contributed by atoms with Crippen molar-refractivity contribution in [1.29, 1.82) is 0 Å². The molecule has 14 heteroatoms. The smallest absolute Gasteiger partial charge is 0.348 e. The van der Waals surface area contributed by atoms with E-state index in [0.29, 0.717) is 12.0 Å². The molecule has 6 atom stereocenters. The molecule has 1 aliphatic heterocycles. The maximum atomic E-state index is 13.8. The Morgan fingerprint density at radius 2 is 1.45 bits per heavy atom. The number of rotatable bonds is 8. The van der Waals surface area contributed by atoms with Gasteiger partial charge in [-0.3, -0.25) is 14.4 Å². The highest BCUT2D eigenvalue weighted by atomic mass is 16.6. The number of aliphatic hydroxyl groups is 1. The quantitative estimate of drug-likeness (QED) is 0.137. The van der Waals surface area contributed by atoms with Crippen molar-refractivity contribution in [1.82, 2.24) is 5.32 Å². The second kappa shape index (κ2) is 16.4. The number of anilines is 1. The fourth-order valence-corrected chi connectivity index (χ4v) is 5.06. The number of para-hydroxylation sites is 1. The molecule has 0 saturated carbocycles. The topological polar surface area (TPSA) is 204 Å². The van der Waals surface area contributed by atoms with Crippen molar-refractivity contribution in [3.05, 3.63) is 59.7 Å². The molecule has 14 nitrogen and oxygen atoms in total. The lowest BCUT2D eigenvalue weighted by atomic mass is 9.81. The summed E-state index contributed by atoms with van der Waals surface area (Å²) in [4.78, 5) is 78.8. The Kier molecular flexibility index (Phi) is 12.9. The van der Waals surface area contributed by atoms with E-state index in [1.165, 1.54) is 39.0 Å². The van der Waals surface area contributed by atoms with Gasteiger partial charge in [0, 0.05) is 18.3 Å². The highest BCUT2D eigenvalue weighted by Crippen LogP contribution is 2.31. The molecule has 1 fully saturated rings. The third kappa shape index (κ3) is 9.34. The first-order chi connectivity index (χ1) is 23.0. The number of carbonyl (C=O) groups is 6. The minimum atomic E-state index is -1.76. The average Bonchev–Trinajstić information content (AvgIpc) is 3.04. The SMILES string of the molecule is CC(C)[C@@H]1OC(=O)[C@@H](NC(=O)c2cccc(NC=O)c2O)[C@@H](C)OC(=O)[C@H](C(C)C)OC(=O)C(C)(C)[C@@H](O)[C@@H](Cc2ccccc2)OC1=O. The van der Waals surface area contributed by atoms with Crippen molar-refractivity contribution in [2.75, 3.05) is 5.32 Å². The highest BCUT2D eigenvalue weighted by molar-refractivity contribution is 6.01. The monoisotopic (exact) mass is 684 g/mol. The molecule has 49 heavy (non-hydrogen) atoms. The molecule has 0 aromatic heterocycles. The maximum Gasteiger partial charge on any atom is 0.348 e. The summed E-state index contributed by atoms with van der Waals surface area (Å²) in [5.74, 6) is -7.22. The van der Waals surface area contributed by atoms with Crippen molar-refractivity contribution in [2.24, 2.45) is 17.3 Å². The van der Waals surface area contributed by atoms with Gasteiger partial charge in [-0.2, -0.15) is 0 Å². The number of aliphatic hydroxyl groups excluding tert-OH is 1. The first-order valence-electron chi connectivity index (χ1n) is 15.9. The van der Waals surface area contributed by atoms with Crippen molar-refractivity contribution < 1.29 is 57.9 Å². The van der Waals surface area contributed by atoms with Gasteiger partial charge in [-0.25, -0.2) is 14.4 Å². The Labute approximate surface area is 284 Å². The van der Waals surface area contributed by atoms with Gasteiger partial charge in [0.15, 0.2) is 11.8 Å². The molecule has 1 saturated heterocycles. The van der Waals surface area contributed by atoms with E-state index >= 15 is 0 Å². The molecule has 2 amide bonds. The van der Waals surface area contributed by atoms with Crippen LogP contribution >= 0.6 is 0 Å². The Balaban J connectivity index is 2.10. The summed E-state index contributed by atoms with van der Waals surface area (Å²) in [6.07, 6.45) is -7.27. The highest BCUT2D eigenvalue weighted by Gasteiger charge is 2.47. The van der Waals surface area contributed by atoms with Gasteiger partial charge in [-0.15, -0.1) is 0 Å². The molecular weight excluding hydrogens is 640 g/mol. The standard InChI is InChI=1S/C35H44N2O12/c1-18(2)27-33(44)47-24(16-21-12-9-8-10-13-21)29(40)35(6,7)34(45)49-28(19(3)4)32(43)46-20(5)25(31(42)48-27)37-30(41)22-14-11-15-23(26(22)39)36-17-38/h8-15,17-20,24-25,27-29,39-40H,16H2,1-7H3,(H,36,38)(H,37,41)/t20-,24-,25+,27+,28+,29+/m1/s1. The molecular formula is C35H44N2O12. The van der Waals surface area contributed by atoms with Crippen molar-refractivity contribution in [3.63, 3.8) is 0 Å². The van der Waals surface area contributed by atoms with Crippen LogP contribution in [0.3, 0.4) is 0 Å². The van der Waals surface area contributed by atoms with E-state index in [2.05, 4.69) is 10.6 Å². The Morgan fingerprint density at radius 3 is 2.04 bits per heavy atom. The summed E-state index contributed by atoms with van der Waals surface area (Å²) in [7, 11) is 0. The van der Waals surface area contributed by atoms with E-state index in [0.717, 1.165) is 0 Å². The number of amides is 2. The third-order valence-electron chi connectivity index (χ3n) is 8.12. The molecule has 266 valence electrons. The van der Waals surface area contributed by atoms with E-state index in [9.17, 15) is 39.0 Å². The molecule has 1 heterocycles. The Morgan fingerprint density at radius 1 is 0.857 bits per heavy atom. The van der Waals surface area contributed by atoms with Gasteiger partial charge < -0.3 is 39.8 Å². The predicted octanol–water partition coefficient (Wildman–Crippen LogP) is 2.68. The number of phenols is 1. The van der Waals surface area contributed by atoms with Crippen LogP contribution in [-0.2, 0) is 49.3 Å². The zero-order valence-electron chi connectivity index (χ0n) is 28.5. The number of hydrogen-bond acceptors (Lipinski definition) is 12. The lowest BCUT2D eigenvalue weighted by Crippen LogP contribution is -2.52. The van der Waals surface area contributed by atoms with Crippen LogP contribution in [0.15, 0.2) is 48.5 Å². The molecule has 0 aliphatic carbocycles. The summed E-state index contributed by atoms with van der Waals surface area (Å²) < 4.78 is 22.5. The van der Waals surface area contributed by atoms with Gasteiger partial charge in [0.05, 0.1) is 16.7 Å². The average molecular weight is 685 g/mol. The normalized spacial score (nSPS) is 25.2. The van der Waals surface area contributed by atoms with E-state index in [1.807, 2.05) is 0 Å². The summed E-state index contributed by atoms with van der Waals surface area (Å²) in [5, 5.41) is 26.8. The molecule has 2 aromatic rings. The van der Waals surface area contributed by atoms with E-state index in [-0.39, 0.29) is 17.7 Å². The second-order valence-corrected chi connectivity index (χ2v) is 13.1. The summed E-state index contributed by atoms with van der Waals surface area (Å²) >= 11 is 0. The number of benzene rings is 2. The van der Waals surface area contributed by atoms with Crippen molar-refractivity contribution in [3.8, 4) is 5.75 Å². The number of cyclic esters (lactones) is 4. The first-order valence-corrected chi connectivity index (χ1v) is 15.9. The van der Waals surface area contributed by atoms with Crippen LogP contribution in [0.2, 0.25) is 0 Å². The molecule has 3 rings (SSSR count). The van der Waals surface area contributed by atoms with E-state index in [1.54, 1.807) is 58.0 Å². The maximum absolute atomic E-state index is 13.8. The van der Waals surface area contributed by atoms with Crippen LogP contribution in [0.1, 0.15) is 64.4 Å². The van der Waals surface area contributed by atoms with Gasteiger partial charge in [0.2, 0.25) is 18.6 Å². The van der Waals surface area contributed by atoms with Crippen molar-refractivity contribution >= 4 is 41.9 Å². The number of esters is 4. The van der Waals surface area contributed by atoms with Gasteiger partial charge in [0.25, 0.3) is 5.91 Å². The van der Waals surface area contributed by atoms with Gasteiger partial charge in [-0.05, 0) is 38.5 Å². The second-order valence-electron chi connectivity index (χ2n) is 13.1. The Bertz CT molecular complexity index is 1520. The number of ether oxygens (including phenoxy) is 4. The molecule has 4 N–H and O–H groups in total. The molecule has 0 radical (unpaired) electrons. The van der Waals surface area contributed by atoms with Crippen LogP contribution < -0.4 is 10.6 Å². The largest absolute Gasteiger partial charge is 0.505 e. The Hall–Kier alpha value is -4.98. The number of phenolic OH excluding ortho intramolecular Hbond substituents is 1. The minimum Gasteiger partial charge on any atom is -0.505 e. The van der Waals surface area contributed by atoms with Crippen LogP contribution in [0, 0.1) is 17.3 Å². The van der Waals surface area contributed by atoms with Crippen molar-refractivity contribution in [2.45, 2.75) is 91.4 Å². The molecule has 2 aromatic carbocycles. The summed E-state index contributed by atoms with van der Waals surface area (Å²) in [6.45, 7) is 10.4. The number of aromatic hydroxyl groups is 1. The lowest BCUT2D eigenvalue weighted by molar-refractivity contribution is -0.190. The summed E-state index contributed by atoms with van der Waals surface area (Å²) in [5.41, 5.74) is -1.49. The van der Waals surface area contributed by atoms with Gasteiger partial charge in [-0.1, -0.05) is 64.1 Å². The molecule has 0 unspecified atom stereocenters. The molecule has 0 spiro atoms. The number of hydrogen-bond donors (Lipinski definition) is 4. The third-order valence-corrected chi connectivity index (χ3v) is 8.12. The zero-order valence-corrected chi connectivity index (χ0v) is 28.5. The van der Waals surface area contributed by atoms with Crippen LogP contribution in [0.5, 0.6) is 5.75 Å². The fourth-order valence-electron chi connectivity index (χ4n) is 5.06. The first kappa shape index (κ1) is 38.5. The van der Waals surface area contributed by atoms with Gasteiger partial charge >= 0.3 is 23.9 Å². The molecule has 1 aliphatic rings. The van der Waals surface area contributed by atoms with Crippen LogP contribution in [0.25, 0.3) is 0 Å². The van der Waals surface area contributed by atoms with E-state index < -0.39 is 89.3 Å². The summed E-state index contributed by atoms with van der Waals surface area (Å²) in [6, 6.07) is 10.9. The lowest BCUT2D eigenvalue weighted by Gasteiger charge is -2.35. The van der Waals surface area contributed by atoms with Gasteiger partial charge in [0.1, 0.15) is 18.3 Å². The number of nitrogens with one attached hydrogen (secondary N) is 2. The number of carbonyl (C=O) groups excluding carboxylic acids is 6. The minimum absolute atomic E-state index is 0.0316. The zero-order chi connectivity index (χ0) is 36.6.